The molecule has 7 rings (SSSR count). The number of esters is 6. The molecular weight excluding hydrogens is 989 g/mol. The maximum Gasteiger partial charge on any atom is 0.338 e. The highest BCUT2D eigenvalue weighted by Gasteiger charge is 2.13. The van der Waals surface area contributed by atoms with Gasteiger partial charge in [0.1, 0.15) is 34.5 Å². The maximum absolute atomic E-state index is 12.3. The van der Waals surface area contributed by atoms with Crippen molar-refractivity contribution in [1.29, 1.82) is 0 Å². The number of allylic oxidation sites excluding steroid dienone is 1. The predicted octanol–water partition coefficient (Wildman–Crippen LogP) is 13.8. The first-order valence-corrected chi connectivity index (χ1v) is 23.8. The summed E-state index contributed by atoms with van der Waals surface area (Å²) in [6.45, 7) is 30.8. The predicted molar refractivity (Wildman–Crippen MR) is 302 cm³/mol. The van der Waals surface area contributed by atoms with Gasteiger partial charge in [0.05, 0.1) is 0 Å². The van der Waals surface area contributed by atoms with E-state index in [1.807, 2.05) is 60.7 Å². The van der Waals surface area contributed by atoms with Crippen molar-refractivity contribution < 1.29 is 62.0 Å². The second-order valence-corrected chi connectivity index (χ2v) is 17.7. The maximum atomic E-state index is 12.3. The number of ether oxygens (including phenoxy) is 6. The molecule has 0 amide bonds. The molecule has 7 aromatic rings. The van der Waals surface area contributed by atoms with Crippen molar-refractivity contribution in [3.8, 4) is 45.6 Å². The van der Waals surface area contributed by atoms with Crippen molar-refractivity contribution >= 4 is 69.2 Å². The molecule has 0 spiro atoms. The lowest BCUT2D eigenvalue weighted by atomic mass is 10.0. The number of carbonyl (C=O) groups is 7. The highest BCUT2D eigenvalue weighted by molar-refractivity contribution is 6.09. The number of benzene rings is 7. The third kappa shape index (κ3) is 17.4. The molecule has 394 valence electrons. The molecule has 0 atom stereocenters. The average Bonchev–Trinajstić information content (AvgIpc) is 3.45. The summed E-state index contributed by atoms with van der Waals surface area (Å²) >= 11 is 0. The SMILES string of the molecule is C=C(C)C(=O)Oc1ccc(-c2ccc(OC(=O)C(=C)C)cc2)cc1.C=C(C)C(=O)Oc1ccc(/C=C/C(=O)c2ccc(OC(=O)C(=C)C)cc2)cc1.C=C(C)C(=O)Oc1ccc2c(ccc3cc(OC(=O)C(=C)C)ccc32)c1. The second-order valence-electron chi connectivity index (χ2n) is 17.7. The summed E-state index contributed by atoms with van der Waals surface area (Å²) in [6, 6.07) is 42.0. The number of rotatable bonds is 16. The lowest BCUT2D eigenvalue weighted by Gasteiger charge is -2.09. The van der Waals surface area contributed by atoms with E-state index in [4.69, 9.17) is 28.4 Å². The molecule has 7 aromatic carbocycles. The van der Waals surface area contributed by atoms with Crippen LogP contribution in [0.1, 0.15) is 57.5 Å². The van der Waals surface area contributed by atoms with Crippen LogP contribution in [0.2, 0.25) is 0 Å². The molecule has 0 saturated carbocycles. The first-order valence-electron chi connectivity index (χ1n) is 23.8. The third-order valence-corrected chi connectivity index (χ3v) is 10.6. The quantitative estimate of drug-likeness (QED) is 0.0294. The van der Waals surface area contributed by atoms with E-state index in [9.17, 15) is 33.6 Å². The van der Waals surface area contributed by atoms with Gasteiger partial charge in [-0.05, 0) is 171 Å². The Hall–Kier alpha value is -10.3. The molecule has 0 fully saturated rings. The topological polar surface area (TPSA) is 175 Å². The summed E-state index contributed by atoms with van der Waals surface area (Å²) < 4.78 is 31.0. The van der Waals surface area contributed by atoms with Crippen molar-refractivity contribution in [2.24, 2.45) is 0 Å². The molecule has 0 aliphatic heterocycles. The van der Waals surface area contributed by atoms with Crippen molar-refractivity contribution in [3.63, 3.8) is 0 Å². The minimum Gasteiger partial charge on any atom is -0.423 e. The molecule has 0 bridgehead atoms. The third-order valence-electron chi connectivity index (χ3n) is 10.6. The lowest BCUT2D eigenvalue weighted by Crippen LogP contribution is -2.08. The van der Waals surface area contributed by atoms with Gasteiger partial charge in [0.15, 0.2) is 5.78 Å². The summed E-state index contributed by atoms with van der Waals surface area (Å²) in [5.41, 5.74) is 5.12. The standard InChI is InChI=1S/C23H20O5.C22H18O4.C20H18O4/c1-15(2)22(25)27-19-10-5-17(6-11-19)7-14-21(24)18-8-12-20(13-9-18)28-23(26)16(3)4;1-13(2)21(23)25-17-7-9-19-15(11-17)5-6-16-12-18(8-10-20(16)19)26-22(24)14(3)4;1-13(2)19(21)23-17-9-5-15(6-10-17)16-7-11-18(12-8-16)24-20(22)14(3)4/h5-14H,1,3H2,2,4H3;5-12H,1,3H2,2,4H3;5-12H,1,3H2,2,4H3/b14-7+;;. The fourth-order valence-electron chi connectivity index (χ4n) is 6.35. The molecule has 13 nitrogen and oxygen atoms in total. The van der Waals surface area contributed by atoms with Crippen LogP contribution in [0.5, 0.6) is 34.5 Å². The number of ketones is 1. The zero-order chi connectivity index (χ0) is 57.2. The Balaban J connectivity index is 0.000000216. The van der Waals surface area contributed by atoms with E-state index in [1.54, 1.807) is 133 Å². The van der Waals surface area contributed by atoms with Gasteiger partial charge in [-0.2, -0.15) is 0 Å². The molecule has 0 unspecified atom stereocenters. The molecule has 0 radical (unpaired) electrons. The molecule has 0 aliphatic rings. The minimum atomic E-state index is -0.517. The molecule has 78 heavy (non-hydrogen) atoms. The Labute approximate surface area is 452 Å². The van der Waals surface area contributed by atoms with E-state index in [-0.39, 0.29) is 5.78 Å². The van der Waals surface area contributed by atoms with Gasteiger partial charge in [0.2, 0.25) is 0 Å². The second kappa shape index (κ2) is 27.3. The molecule has 0 aromatic heterocycles. The van der Waals surface area contributed by atoms with Crippen LogP contribution in [0.25, 0.3) is 38.7 Å². The molecular formula is C65H56O13. The Morgan fingerprint density at radius 1 is 0.321 bits per heavy atom. The first-order chi connectivity index (χ1) is 37.0. The normalized spacial score (nSPS) is 10.3. The van der Waals surface area contributed by atoms with Gasteiger partial charge in [-0.25, -0.2) is 28.8 Å². The average molecular weight is 1050 g/mol. The van der Waals surface area contributed by atoms with Gasteiger partial charge in [-0.15, -0.1) is 0 Å². The van der Waals surface area contributed by atoms with Crippen LogP contribution in [-0.2, 0) is 28.8 Å². The fraction of sp³-hybridized carbons (Fsp3) is 0.0923. The van der Waals surface area contributed by atoms with Gasteiger partial charge < -0.3 is 28.4 Å². The van der Waals surface area contributed by atoms with E-state index in [0.717, 1.165) is 38.2 Å². The smallest absolute Gasteiger partial charge is 0.338 e. The largest absolute Gasteiger partial charge is 0.423 e. The van der Waals surface area contributed by atoms with E-state index >= 15 is 0 Å². The van der Waals surface area contributed by atoms with Crippen LogP contribution in [0, 0.1) is 0 Å². The van der Waals surface area contributed by atoms with Crippen molar-refractivity contribution in [2.75, 3.05) is 0 Å². The Kier molecular flexibility index (Phi) is 20.5. The Morgan fingerprint density at radius 3 is 0.872 bits per heavy atom. The zero-order valence-electron chi connectivity index (χ0n) is 44.1. The lowest BCUT2D eigenvalue weighted by molar-refractivity contribution is -0.130. The van der Waals surface area contributed by atoms with Crippen LogP contribution >= 0.6 is 0 Å². The van der Waals surface area contributed by atoms with Crippen LogP contribution in [0.4, 0.5) is 0 Å². The molecule has 0 heterocycles. The van der Waals surface area contributed by atoms with Gasteiger partial charge in [0.25, 0.3) is 0 Å². The monoisotopic (exact) mass is 1040 g/mol. The van der Waals surface area contributed by atoms with E-state index in [2.05, 4.69) is 39.5 Å². The molecule has 0 saturated heterocycles. The summed E-state index contributed by atoms with van der Waals surface area (Å²) in [7, 11) is 0. The highest BCUT2D eigenvalue weighted by atomic mass is 16.6. The molecule has 0 N–H and O–H groups in total. The van der Waals surface area contributed by atoms with Gasteiger partial charge in [-0.1, -0.05) is 106 Å². The minimum absolute atomic E-state index is 0.199. The fourth-order valence-corrected chi connectivity index (χ4v) is 6.35. The Bertz CT molecular complexity index is 3400. The van der Waals surface area contributed by atoms with Crippen molar-refractivity contribution in [1.82, 2.24) is 0 Å². The number of hydrogen-bond acceptors (Lipinski definition) is 13. The Morgan fingerprint density at radius 2 is 0.577 bits per heavy atom. The number of hydrogen-bond donors (Lipinski definition) is 0. The van der Waals surface area contributed by atoms with Gasteiger partial charge >= 0.3 is 35.8 Å². The summed E-state index contributed by atoms with van der Waals surface area (Å²) in [4.78, 5) is 81.5. The van der Waals surface area contributed by atoms with Crippen LogP contribution in [0.15, 0.2) is 225 Å². The van der Waals surface area contributed by atoms with Crippen LogP contribution in [-0.4, -0.2) is 41.6 Å². The first kappa shape index (κ1) is 58.6. The summed E-state index contributed by atoms with van der Waals surface area (Å²) in [5, 5.41) is 3.90. The van der Waals surface area contributed by atoms with E-state index < -0.39 is 35.8 Å². The summed E-state index contributed by atoms with van der Waals surface area (Å²) in [6.07, 6.45) is 3.09. The van der Waals surface area contributed by atoms with E-state index in [1.165, 1.54) is 6.08 Å². The van der Waals surface area contributed by atoms with Crippen molar-refractivity contribution in [2.45, 2.75) is 41.5 Å². The summed E-state index contributed by atoms with van der Waals surface area (Å²) in [5.74, 6) is -0.417. The van der Waals surface area contributed by atoms with E-state index in [0.29, 0.717) is 73.5 Å². The van der Waals surface area contributed by atoms with Gasteiger partial charge in [-0.3, -0.25) is 4.79 Å². The van der Waals surface area contributed by atoms with Crippen LogP contribution in [0.3, 0.4) is 0 Å². The number of carbonyl (C=O) groups excluding carboxylic acids is 7. The molecule has 0 aliphatic carbocycles. The highest BCUT2D eigenvalue weighted by Crippen LogP contribution is 2.32. The van der Waals surface area contributed by atoms with Gasteiger partial charge in [0, 0.05) is 39.0 Å². The van der Waals surface area contributed by atoms with Crippen molar-refractivity contribution in [3.05, 3.63) is 236 Å². The molecule has 13 heteroatoms. The number of fused-ring (bicyclic) bond motifs is 3. The zero-order valence-corrected chi connectivity index (χ0v) is 44.1. The van der Waals surface area contributed by atoms with Crippen LogP contribution < -0.4 is 28.4 Å².